The molecular weight excluding hydrogens is 466 g/mol. The number of nitrogens with zero attached hydrogens (tertiary/aromatic N) is 3. The van der Waals surface area contributed by atoms with E-state index in [9.17, 15) is 4.79 Å². The van der Waals surface area contributed by atoms with Crippen molar-refractivity contribution in [2.75, 3.05) is 19.8 Å². The van der Waals surface area contributed by atoms with Gasteiger partial charge in [-0.2, -0.15) is 9.50 Å². The molecule has 8 nitrogen and oxygen atoms in total. The third-order valence-electron chi connectivity index (χ3n) is 5.57. The molecule has 0 spiro atoms. The molecule has 1 aliphatic rings. The summed E-state index contributed by atoms with van der Waals surface area (Å²) < 4.78 is 25.3. The summed E-state index contributed by atoms with van der Waals surface area (Å²) in [4.78, 5) is 18.1. The minimum Gasteiger partial charge on any atom is -0.490 e. The summed E-state index contributed by atoms with van der Waals surface area (Å²) in [5.74, 6) is 3.14. The van der Waals surface area contributed by atoms with Gasteiger partial charge in [0.05, 0.1) is 17.7 Å². The Morgan fingerprint density at radius 1 is 1.11 bits per heavy atom. The SMILES string of the molecule is CCCCCOc1ccc(/C=c2\sc3nc([C@@H]4COc5ccccc5O4)nn3c2=O)cc1OCC. The van der Waals surface area contributed by atoms with Gasteiger partial charge in [-0.1, -0.05) is 49.3 Å². The zero-order valence-corrected chi connectivity index (χ0v) is 20.5. The van der Waals surface area contributed by atoms with Crippen molar-refractivity contribution in [3.05, 3.63) is 68.7 Å². The Labute approximate surface area is 206 Å². The van der Waals surface area contributed by atoms with Crippen LogP contribution in [0.1, 0.15) is 50.6 Å². The summed E-state index contributed by atoms with van der Waals surface area (Å²) in [5, 5.41) is 4.41. The average Bonchev–Trinajstić information content (AvgIpc) is 3.42. The largest absolute Gasteiger partial charge is 0.490 e. The number of rotatable bonds is 9. The van der Waals surface area contributed by atoms with Crippen LogP contribution in [0.15, 0.2) is 47.3 Å². The van der Waals surface area contributed by atoms with Gasteiger partial charge in [-0.15, -0.1) is 5.10 Å². The van der Waals surface area contributed by atoms with Crippen molar-refractivity contribution in [3.8, 4) is 23.0 Å². The molecule has 0 saturated heterocycles. The molecule has 182 valence electrons. The fraction of sp³-hybridized carbons (Fsp3) is 0.346. The van der Waals surface area contributed by atoms with Crippen molar-refractivity contribution in [2.24, 2.45) is 0 Å². The molecule has 2 aromatic carbocycles. The number of hydrogen-bond acceptors (Lipinski definition) is 8. The first-order valence-electron chi connectivity index (χ1n) is 11.9. The quantitative estimate of drug-likeness (QED) is 0.324. The van der Waals surface area contributed by atoms with Crippen LogP contribution in [-0.4, -0.2) is 34.4 Å². The lowest BCUT2D eigenvalue weighted by Crippen LogP contribution is -2.26. The smallest absolute Gasteiger partial charge is 0.291 e. The van der Waals surface area contributed by atoms with Gasteiger partial charge in [0, 0.05) is 0 Å². The fourth-order valence-corrected chi connectivity index (χ4v) is 4.73. The second-order valence-electron chi connectivity index (χ2n) is 8.14. The molecule has 0 aliphatic carbocycles. The van der Waals surface area contributed by atoms with Crippen LogP contribution >= 0.6 is 11.3 Å². The van der Waals surface area contributed by atoms with Crippen LogP contribution in [0, 0.1) is 0 Å². The van der Waals surface area contributed by atoms with Crippen LogP contribution < -0.4 is 29.0 Å². The summed E-state index contributed by atoms with van der Waals surface area (Å²) in [7, 11) is 0. The van der Waals surface area contributed by atoms with Crippen LogP contribution in [0.25, 0.3) is 11.0 Å². The molecule has 0 radical (unpaired) electrons. The van der Waals surface area contributed by atoms with Crippen molar-refractivity contribution in [1.29, 1.82) is 0 Å². The molecule has 0 N–H and O–H groups in total. The van der Waals surface area contributed by atoms with Crippen LogP contribution in [0.3, 0.4) is 0 Å². The van der Waals surface area contributed by atoms with Crippen molar-refractivity contribution in [3.63, 3.8) is 0 Å². The maximum atomic E-state index is 13.0. The zero-order valence-electron chi connectivity index (χ0n) is 19.7. The zero-order chi connectivity index (χ0) is 24.2. The van der Waals surface area contributed by atoms with Gasteiger partial charge in [0.15, 0.2) is 34.9 Å². The number of hydrogen-bond donors (Lipinski definition) is 0. The van der Waals surface area contributed by atoms with Crippen LogP contribution in [0.2, 0.25) is 0 Å². The molecule has 1 aliphatic heterocycles. The molecule has 3 heterocycles. The molecule has 9 heteroatoms. The molecule has 0 bridgehead atoms. The first-order chi connectivity index (χ1) is 17.2. The number of thiazole rings is 1. The van der Waals surface area contributed by atoms with E-state index in [-0.39, 0.29) is 12.2 Å². The Hall–Kier alpha value is -3.59. The van der Waals surface area contributed by atoms with Gasteiger partial charge in [-0.05, 0) is 49.2 Å². The first-order valence-corrected chi connectivity index (χ1v) is 12.7. The molecule has 0 saturated carbocycles. The van der Waals surface area contributed by atoms with E-state index in [2.05, 4.69) is 17.0 Å². The van der Waals surface area contributed by atoms with Crippen molar-refractivity contribution >= 4 is 22.4 Å². The van der Waals surface area contributed by atoms with Crippen molar-refractivity contribution in [2.45, 2.75) is 39.2 Å². The fourth-order valence-electron chi connectivity index (χ4n) is 3.82. The maximum Gasteiger partial charge on any atom is 0.291 e. The van der Waals surface area contributed by atoms with Gasteiger partial charge >= 0.3 is 0 Å². The van der Waals surface area contributed by atoms with Crippen LogP contribution in [-0.2, 0) is 0 Å². The second-order valence-corrected chi connectivity index (χ2v) is 9.15. The Balaban J connectivity index is 1.38. The highest BCUT2D eigenvalue weighted by atomic mass is 32.1. The molecule has 0 amide bonds. The number of para-hydroxylation sites is 2. The van der Waals surface area contributed by atoms with Crippen molar-refractivity contribution < 1.29 is 18.9 Å². The number of unbranched alkanes of at least 4 members (excludes halogenated alkanes) is 2. The number of fused-ring (bicyclic) bond motifs is 2. The summed E-state index contributed by atoms with van der Waals surface area (Å²) in [6, 6.07) is 13.2. The van der Waals surface area contributed by atoms with E-state index in [1.165, 1.54) is 15.9 Å². The minimum atomic E-state index is -0.470. The Morgan fingerprint density at radius 3 is 2.77 bits per heavy atom. The van der Waals surface area contributed by atoms with E-state index in [1.54, 1.807) is 0 Å². The number of aromatic nitrogens is 3. The van der Waals surface area contributed by atoms with E-state index in [0.717, 1.165) is 24.8 Å². The minimum absolute atomic E-state index is 0.223. The molecule has 35 heavy (non-hydrogen) atoms. The molecule has 0 fully saturated rings. The number of ether oxygens (including phenoxy) is 4. The van der Waals surface area contributed by atoms with Gasteiger partial charge in [0.1, 0.15) is 6.61 Å². The molecule has 0 unspecified atom stereocenters. The topological polar surface area (TPSA) is 84.2 Å². The van der Waals surface area contributed by atoms with Crippen LogP contribution in [0.4, 0.5) is 0 Å². The Bertz CT molecular complexity index is 1430. The van der Waals surface area contributed by atoms with Crippen LogP contribution in [0.5, 0.6) is 23.0 Å². The monoisotopic (exact) mass is 493 g/mol. The highest BCUT2D eigenvalue weighted by molar-refractivity contribution is 7.15. The Kier molecular flexibility index (Phi) is 6.85. The van der Waals surface area contributed by atoms with Gasteiger partial charge in [0.25, 0.3) is 5.56 Å². The van der Waals surface area contributed by atoms with E-state index >= 15 is 0 Å². The van der Waals surface area contributed by atoms with E-state index in [4.69, 9.17) is 18.9 Å². The van der Waals surface area contributed by atoms with Crippen molar-refractivity contribution in [1.82, 2.24) is 14.6 Å². The molecular formula is C26H27N3O5S. The maximum absolute atomic E-state index is 13.0. The van der Waals surface area contributed by atoms with Gasteiger partial charge in [-0.25, -0.2) is 0 Å². The van der Waals surface area contributed by atoms with E-state index in [1.807, 2.05) is 55.5 Å². The third-order valence-corrected chi connectivity index (χ3v) is 6.52. The molecule has 4 aromatic rings. The Morgan fingerprint density at radius 2 is 1.97 bits per heavy atom. The summed E-state index contributed by atoms with van der Waals surface area (Å²) in [6.07, 6.45) is 4.63. The highest BCUT2D eigenvalue weighted by Gasteiger charge is 2.27. The summed E-state index contributed by atoms with van der Waals surface area (Å²) in [6.45, 7) is 5.56. The summed E-state index contributed by atoms with van der Waals surface area (Å²) in [5.41, 5.74) is 0.621. The lowest BCUT2D eigenvalue weighted by atomic mass is 10.2. The number of benzene rings is 2. The summed E-state index contributed by atoms with van der Waals surface area (Å²) >= 11 is 1.28. The molecule has 5 rings (SSSR count). The average molecular weight is 494 g/mol. The second kappa shape index (κ2) is 10.4. The predicted octanol–water partition coefficient (Wildman–Crippen LogP) is 4.18. The van der Waals surface area contributed by atoms with Gasteiger partial charge < -0.3 is 18.9 Å². The first kappa shape index (κ1) is 23.2. The lowest BCUT2D eigenvalue weighted by molar-refractivity contribution is 0.0852. The molecule has 1 atom stereocenters. The molecule has 2 aromatic heterocycles. The standard InChI is InChI=1S/C26H27N3O5S/c1-3-5-8-13-32-19-12-11-17(14-21(19)31-4-2)15-23-25(30)29-26(35-23)27-24(28-29)22-16-33-18-9-6-7-10-20(18)34-22/h6-7,9-12,14-15,22H,3-5,8,13,16H2,1-2H3/b23-15-/t22-/m0/s1. The van der Waals surface area contributed by atoms with Gasteiger partial charge in [-0.3, -0.25) is 4.79 Å². The normalized spacial score (nSPS) is 15.5. The van der Waals surface area contributed by atoms with E-state index in [0.29, 0.717) is 51.5 Å². The van der Waals surface area contributed by atoms with E-state index < -0.39 is 6.10 Å². The van der Waals surface area contributed by atoms with Gasteiger partial charge in [0.2, 0.25) is 4.96 Å². The predicted molar refractivity (Wildman–Crippen MR) is 134 cm³/mol. The highest BCUT2D eigenvalue weighted by Crippen LogP contribution is 2.35. The third kappa shape index (κ3) is 4.95. The lowest BCUT2D eigenvalue weighted by Gasteiger charge is -2.24.